The van der Waals surface area contributed by atoms with E-state index in [2.05, 4.69) is 4.98 Å². The molecular weight excluding hydrogens is 290 g/mol. The van der Waals surface area contributed by atoms with Crippen molar-refractivity contribution in [3.8, 4) is 0 Å². The number of para-hydroxylation sites is 1. The summed E-state index contributed by atoms with van der Waals surface area (Å²) in [5.74, 6) is 0.236. The van der Waals surface area contributed by atoms with Crippen LogP contribution in [0.25, 0.3) is 10.9 Å². The number of benzene rings is 1. The number of nitrogens with one attached hydrogen (secondary N) is 1. The number of amides is 2. The van der Waals surface area contributed by atoms with Crippen LogP contribution in [0.1, 0.15) is 29.6 Å². The second kappa shape index (κ2) is 5.72. The average Bonchev–Trinajstić information content (AvgIpc) is 2.98. The van der Waals surface area contributed by atoms with Crippen LogP contribution in [0, 0.1) is 5.92 Å². The van der Waals surface area contributed by atoms with E-state index in [1.807, 2.05) is 29.2 Å². The number of nitrogens with zero attached hydrogens (tertiary/aromatic N) is 2. The summed E-state index contributed by atoms with van der Waals surface area (Å²) < 4.78 is 0. The van der Waals surface area contributed by atoms with E-state index in [1.165, 1.54) is 6.42 Å². The molecule has 2 amide bonds. The van der Waals surface area contributed by atoms with Crippen LogP contribution in [0.2, 0.25) is 0 Å². The largest absolute Gasteiger partial charge is 0.360 e. The van der Waals surface area contributed by atoms with Crippen molar-refractivity contribution < 1.29 is 9.59 Å². The zero-order chi connectivity index (χ0) is 15.8. The van der Waals surface area contributed by atoms with Crippen LogP contribution in [0.4, 0.5) is 0 Å². The van der Waals surface area contributed by atoms with Crippen molar-refractivity contribution in [3.05, 3.63) is 36.0 Å². The highest BCUT2D eigenvalue weighted by molar-refractivity contribution is 6.07. The van der Waals surface area contributed by atoms with E-state index in [0.29, 0.717) is 18.7 Å². The molecule has 0 bridgehead atoms. The van der Waals surface area contributed by atoms with Gasteiger partial charge in [0, 0.05) is 43.3 Å². The van der Waals surface area contributed by atoms with Crippen molar-refractivity contribution in [2.24, 2.45) is 5.92 Å². The molecule has 3 heterocycles. The van der Waals surface area contributed by atoms with Gasteiger partial charge in [-0.15, -0.1) is 0 Å². The summed E-state index contributed by atoms with van der Waals surface area (Å²) in [5.41, 5.74) is 1.67. The Balaban J connectivity index is 1.41. The number of aromatic amines is 1. The normalized spacial score (nSPS) is 19.0. The van der Waals surface area contributed by atoms with Gasteiger partial charge in [-0.3, -0.25) is 9.59 Å². The lowest BCUT2D eigenvalue weighted by atomic mass is 9.96. The molecule has 2 aliphatic rings. The quantitative estimate of drug-likeness (QED) is 0.925. The number of hydrogen-bond acceptors (Lipinski definition) is 2. The van der Waals surface area contributed by atoms with Gasteiger partial charge >= 0.3 is 0 Å². The van der Waals surface area contributed by atoms with Crippen LogP contribution in [0.15, 0.2) is 30.5 Å². The first-order valence-corrected chi connectivity index (χ1v) is 8.38. The number of fused-ring (bicyclic) bond motifs is 1. The molecule has 2 fully saturated rings. The molecule has 0 unspecified atom stereocenters. The van der Waals surface area contributed by atoms with Gasteiger partial charge < -0.3 is 14.8 Å². The Morgan fingerprint density at radius 1 is 1.00 bits per heavy atom. The van der Waals surface area contributed by atoms with Crippen molar-refractivity contribution in [2.45, 2.75) is 19.3 Å². The molecule has 120 valence electrons. The van der Waals surface area contributed by atoms with E-state index in [1.54, 1.807) is 11.1 Å². The van der Waals surface area contributed by atoms with Crippen molar-refractivity contribution in [1.29, 1.82) is 0 Å². The van der Waals surface area contributed by atoms with Crippen LogP contribution in [0.5, 0.6) is 0 Å². The van der Waals surface area contributed by atoms with Gasteiger partial charge in [0.15, 0.2) is 0 Å². The molecule has 0 saturated carbocycles. The standard InChI is InChI=1S/C18H21N3O2/c22-17(20-8-4-1-5-9-20)13-11-21(12-13)18(23)15-10-19-16-7-3-2-6-14(15)16/h2-3,6-7,10,13,19H,1,4-5,8-9,11-12H2. The van der Waals surface area contributed by atoms with Gasteiger partial charge in [-0.05, 0) is 25.3 Å². The first-order valence-electron chi connectivity index (χ1n) is 8.38. The zero-order valence-corrected chi connectivity index (χ0v) is 13.1. The number of rotatable bonds is 2. The second-order valence-corrected chi connectivity index (χ2v) is 6.54. The third-order valence-corrected chi connectivity index (χ3v) is 5.01. The molecule has 2 aliphatic heterocycles. The van der Waals surface area contributed by atoms with Crippen LogP contribution in [-0.2, 0) is 4.79 Å². The minimum absolute atomic E-state index is 0.0118. The fourth-order valence-electron chi connectivity index (χ4n) is 3.59. The Hall–Kier alpha value is -2.30. The maximum Gasteiger partial charge on any atom is 0.256 e. The lowest BCUT2D eigenvalue weighted by Gasteiger charge is -2.41. The third-order valence-electron chi connectivity index (χ3n) is 5.01. The molecule has 1 N–H and O–H groups in total. The van der Waals surface area contributed by atoms with Crippen molar-refractivity contribution in [1.82, 2.24) is 14.8 Å². The zero-order valence-electron chi connectivity index (χ0n) is 13.1. The van der Waals surface area contributed by atoms with E-state index in [9.17, 15) is 9.59 Å². The van der Waals surface area contributed by atoms with Crippen LogP contribution in [0.3, 0.4) is 0 Å². The molecule has 2 saturated heterocycles. The molecule has 0 atom stereocenters. The molecule has 0 radical (unpaired) electrons. The highest BCUT2D eigenvalue weighted by atomic mass is 16.2. The van der Waals surface area contributed by atoms with Gasteiger partial charge in [0.1, 0.15) is 0 Å². The fraction of sp³-hybridized carbons (Fsp3) is 0.444. The predicted octanol–water partition coefficient (Wildman–Crippen LogP) is 2.25. The number of carbonyl (C=O) groups excluding carboxylic acids is 2. The predicted molar refractivity (Wildman–Crippen MR) is 88.1 cm³/mol. The summed E-state index contributed by atoms with van der Waals surface area (Å²) in [4.78, 5) is 31.9. The Morgan fingerprint density at radius 2 is 1.74 bits per heavy atom. The van der Waals surface area contributed by atoms with E-state index >= 15 is 0 Å². The average molecular weight is 311 g/mol. The number of carbonyl (C=O) groups is 2. The summed E-state index contributed by atoms with van der Waals surface area (Å²) in [7, 11) is 0. The molecule has 5 heteroatoms. The van der Waals surface area contributed by atoms with E-state index in [4.69, 9.17) is 0 Å². The number of hydrogen-bond donors (Lipinski definition) is 1. The topological polar surface area (TPSA) is 56.4 Å². The van der Waals surface area contributed by atoms with Gasteiger partial charge in [-0.1, -0.05) is 18.2 Å². The van der Waals surface area contributed by atoms with Gasteiger partial charge in [-0.25, -0.2) is 0 Å². The lowest BCUT2D eigenvalue weighted by molar-refractivity contribution is -0.140. The Morgan fingerprint density at radius 3 is 2.52 bits per heavy atom. The molecule has 23 heavy (non-hydrogen) atoms. The van der Waals surface area contributed by atoms with Gasteiger partial charge in [0.05, 0.1) is 11.5 Å². The molecule has 1 aromatic heterocycles. The number of piperidine rings is 1. The lowest BCUT2D eigenvalue weighted by Crippen LogP contribution is -2.57. The van der Waals surface area contributed by atoms with Crippen LogP contribution >= 0.6 is 0 Å². The Bertz CT molecular complexity index is 740. The molecule has 0 spiro atoms. The molecule has 5 nitrogen and oxygen atoms in total. The van der Waals surface area contributed by atoms with Crippen LogP contribution < -0.4 is 0 Å². The monoisotopic (exact) mass is 311 g/mol. The second-order valence-electron chi connectivity index (χ2n) is 6.54. The van der Waals surface area contributed by atoms with E-state index in [-0.39, 0.29) is 17.7 Å². The highest BCUT2D eigenvalue weighted by Gasteiger charge is 2.38. The number of aromatic nitrogens is 1. The minimum Gasteiger partial charge on any atom is -0.360 e. The first-order chi connectivity index (χ1) is 11.2. The van der Waals surface area contributed by atoms with E-state index < -0.39 is 0 Å². The maximum atomic E-state index is 12.6. The minimum atomic E-state index is -0.0118. The van der Waals surface area contributed by atoms with Gasteiger partial charge in [0.25, 0.3) is 5.91 Å². The smallest absolute Gasteiger partial charge is 0.256 e. The van der Waals surface area contributed by atoms with E-state index in [0.717, 1.165) is 36.8 Å². The molecule has 2 aromatic rings. The molecule has 1 aromatic carbocycles. The van der Waals surface area contributed by atoms with Crippen molar-refractivity contribution in [3.63, 3.8) is 0 Å². The molecular formula is C18H21N3O2. The molecule has 4 rings (SSSR count). The summed E-state index contributed by atoms with van der Waals surface area (Å²) in [5, 5.41) is 0.948. The number of H-pyrrole nitrogens is 1. The maximum absolute atomic E-state index is 12.6. The third kappa shape index (κ3) is 2.50. The first kappa shape index (κ1) is 14.3. The summed E-state index contributed by atoms with van der Waals surface area (Å²) in [6, 6.07) is 7.80. The van der Waals surface area contributed by atoms with Crippen LogP contribution in [-0.4, -0.2) is 52.8 Å². The fourth-order valence-corrected chi connectivity index (χ4v) is 3.59. The summed E-state index contributed by atoms with van der Waals surface area (Å²) in [6.07, 6.45) is 5.21. The summed E-state index contributed by atoms with van der Waals surface area (Å²) in [6.45, 7) is 2.86. The summed E-state index contributed by atoms with van der Waals surface area (Å²) >= 11 is 0. The molecule has 0 aliphatic carbocycles. The number of likely N-dealkylation sites (tertiary alicyclic amines) is 2. The Kier molecular flexibility index (Phi) is 3.56. The highest BCUT2D eigenvalue weighted by Crippen LogP contribution is 2.25. The van der Waals surface area contributed by atoms with Gasteiger partial charge in [0.2, 0.25) is 5.91 Å². The van der Waals surface area contributed by atoms with Gasteiger partial charge in [-0.2, -0.15) is 0 Å². The SMILES string of the molecule is O=C(c1c[nH]c2ccccc12)N1CC(C(=O)N2CCCCC2)C1. The van der Waals surface area contributed by atoms with Crippen molar-refractivity contribution >= 4 is 22.7 Å². The van der Waals surface area contributed by atoms with Crippen molar-refractivity contribution in [2.75, 3.05) is 26.2 Å². The Labute approximate surface area is 135 Å².